The molecule has 10 heteroatoms. The maximum Gasteiger partial charge on any atom is 0.274 e. The largest absolute Gasteiger partial charge is 0.333 e. The number of hydrogen-bond donors (Lipinski definition) is 2. The summed E-state index contributed by atoms with van der Waals surface area (Å²) in [7, 11) is 0. The summed E-state index contributed by atoms with van der Waals surface area (Å²) in [4.78, 5) is 31.0. The van der Waals surface area contributed by atoms with Gasteiger partial charge in [-0.2, -0.15) is 5.10 Å². The number of unbranched alkanes of at least 4 members (excludes halogenated alkanes) is 1. The maximum atomic E-state index is 13.4. The van der Waals surface area contributed by atoms with Crippen molar-refractivity contribution in [2.75, 3.05) is 11.9 Å². The van der Waals surface area contributed by atoms with Gasteiger partial charge in [0.25, 0.3) is 11.8 Å². The second-order valence-corrected chi connectivity index (χ2v) is 7.22. The van der Waals surface area contributed by atoms with Crippen LogP contribution in [0.3, 0.4) is 0 Å². The molecule has 1 aromatic carbocycles. The zero-order valence-electron chi connectivity index (χ0n) is 16.7. The van der Waals surface area contributed by atoms with Crippen molar-refractivity contribution in [3.05, 3.63) is 76.2 Å². The van der Waals surface area contributed by atoms with Gasteiger partial charge in [0, 0.05) is 31.5 Å². The standard InChI is InChI=1S/C21H20ClF2N5O2/c1-2-3-7-29(12-13-5-4-6-25-11-13)21(31)18-10-19(28-27-18)26-20(30)14-8-16(23)17(24)9-15(14)22/h4-6,8-11H,2-3,7,12H2,1H3,(H2,26,27,28,30). The number of nitrogens with one attached hydrogen (secondary N) is 2. The Kier molecular flexibility index (Phi) is 7.30. The number of benzene rings is 1. The van der Waals surface area contributed by atoms with Crippen molar-refractivity contribution in [1.82, 2.24) is 20.1 Å². The predicted molar refractivity (Wildman–Crippen MR) is 112 cm³/mol. The van der Waals surface area contributed by atoms with Crippen LogP contribution in [0, 0.1) is 11.6 Å². The number of H-pyrrole nitrogens is 1. The Bertz CT molecular complexity index is 1070. The summed E-state index contributed by atoms with van der Waals surface area (Å²) in [5.74, 6) is -3.33. The molecule has 0 radical (unpaired) electrons. The highest BCUT2D eigenvalue weighted by Gasteiger charge is 2.21. The van der Waals surface area contributed by atoms with Crippen molar-refractivity contribution < 1.29 is 18.4 Å². The van der Waals surface area contributed by atoms with Crippen molar-refractivity contribution in [3.8, 4) is 0 Å². The van der Waals surface area contributed by atoms with Gasteiger partial charge >= 0.3 is 0 Å². The van der Waals surface area contributed by atoms with Gasteiger partial charge in [0.1, 0.15) is 5.82 Å². The van der Waals surface area contributed by atoms with Crippen LogP contribution < -0.4 is 5.32 Å². The van der Waals surface area contributed by atoms with Gasteiger partial charge in [0.05, 0.1) is 10.6 Å². The number of carbonyl (C=O) groups is 2. The van der Waals surface area contributed by atoms with Crippen LogP contribution in [0.5, 0.6) is 0 Å². The number of rotatable bonds is 8. The van der Waals surface area contributed by atoms with Crippen LogP contribution in [0.15, 0.2) is 42.7 Å². The zero-order chi connectivity index (χ0) is 22.4. The summed E-state index contributed by atoms with van der Waals surface area (Å²) in [5.41, 5.74) is 0.736. The molecule has 31 heavy (non-hydrogen) atoms. The third kappa shape index (κ3) is 5.64. The highest BCUT2D eigenvalue weighted by molar-refractivity contribution is 6.34. The average Bonchev–Trinajstić information content (AvgIpc) is 3.22. The van der Waals surface area contributed by atoms with Gasteiger partial charge in [0.2, 0.25) is 0 Å². The van der Waals surface area contributed by atoms with E-state index in [1.807, 2.05) is 13.0 Å². The number of amides is 2. The lowest BCUT2D eigenvalue weighted by atomic mass is 10.2. The molecule has 0 atom stereocenters. The Hall–Kier alpha value is -3.33. The summed E-state index contributed by atoms with van der Waals surface area (Å²) in [6.45, 7) is 2.92. The molecule has 3 aromatic rings. The summed E-state index contributed by atoms with van der Waals surface area (Å²) < 4.78 is 26.7. The molecule has 2 amide bonds. The molecule has 0 aliphatic carbocycles. The second-order valence-electron chi connectivity index (χ2n) is 6.81. The first-order valence-corrected chi connectivity index (χ1v) is 9.96. The summed E-state index contributed by atoms with van der Waals surface area (Å²) >= 11 is 5.83. The number of carbonyl (C=O) groups excluding carboxylic acids is 2. The van der Waals surface area contributed by atoms with Gasteiger partial charge in [-0.05, 0) is 30.2 Å². The number of nitrogens with zero attached hydrogens (tertiary/aromatic N) is 3. The molecule has 2 N–H and O–H groups in total. The monoisotopic (exact) mass is 447 g/mol. The molecule has 0 aliphatic rings. The molecule has 7 nitrogen and oxygen atoms in total. The molecule has 2 heterocycles. The fraction of sp³-hybridized carbons (Fsp3) is 0.238. The lowest BCUT2D eigenvalue weighted by molar-refractivity contribution is 0.0734. The highest BCUT2D eigenvalue weighted by Crippen LogP contribution is 2.21. The Balaban J connectivity index is 1.74. The molecule has 0 bridgehead atoms. The number of aromatic amines is 1. The van der Waals surface area contributed by atoms with Crippen molar-refractivity contribution in [2.24, 2.45) is 0 Å². The highest BCUT2D eigenvalue weighted by atomic mass is 35.5. The molecule has 3 rings (SSSR count). The number of halogens is 3. The minimum absolute atomic E-state index is 0.103. The van der Waals surface area contributed by atoms with Crippen LogP contribution in [0.25, 0.3) is 0 Å². The Morgan fingerprint density at radius 1 is 1.23 bits per heavy atom. The number of hydrogen-bond acceptors (Lipinski definition) is 4. The molecular weight excluding hydrogens is 428 g/mol. The van der Waals surface area contributed by atoms with Crippen molar-refractivity contribution in [3.63, 3.8) is 0 Å². The molecular formula is C21H20ClF2N5O2. The van der Waals surface area contributed by atoms with Gasteiger partial charge in [-0.15, -0.1) is 0 Å². The molecule has 0 fully saturated rings. The molecule has 0 unspecified atom stereocenters. The normalized spacial score (nSPS) is 10.7. The topological polar surface area (TPSA) is 91.0 Å². The fourth-order valence-corrected chi connectivity index (χ4v) is 3.09. The lowest BCUT2D eigenvalue weighted by Crippen LogP contribution is -2.31. The van der Waals surface area contributed by atoms with E-state index in [9.17, 15) is 18.4 Å². The smallest absolute Gasteiger partial charge is 0.274 e. The Labute approximate surface area is 182 Å². The Morgan fingerprint density at radius 2 is 2.00 bits per heavy atom. The van der Waals surface area contributed by atoms with E-state index in [4.69, 9.17) is 11.6 Å². The quantitative estimate of drug-likeness (QED) is 0.500. The second kappa shape index (κ2) is 10.1. The first-order valence-electron chi connectivity index (χ1n) is 9.58. The van der Waals surface area contributed by atoms with Crippen LogP contribution in [0.2, 0.25) is 5.02 Å². The molecule has 0 aliphatic heterocycles. The van der Waals surface area contributed by atoms with Gasteiger partial charge in [-0.25, -0.2) is 8.78 Å². The number of pyridine rings is 1. The molecule has 162 valence electrons. The van der Waals surface area contributed by atoms with Crippen molar-refractivity contribution >= 4 is 29.2 Å². The van der Waals surface area contributed by atoms with E-state index in [0.717, 1.165) is 24.5 Å². The van der Waals surface area contributed by atoms with E-state index in [2.05, 4.69) is 20.5 Å². The van der Waals surface area contributed by atoms with Crippen LogP contribution >= 0.6 is 11.6 Å². The minimum Gasteiger partial charge on any atom is -0.333 e. The van der Waals surface area contributed by atoms with E-state index >= 15 is 0 Å². The van der Waals surface area contributed by atoms with Crippen LogP contribution in [0.4, 0.5) is 14.6 Å². The summed E-state index contributed by atoms with van der Waals surface area (Å²) in [6, 6.07) is 6.47. The number of anilines is 1. The van der Waals surface area contributed by atoms with Crippen LogP contribution in [-0.2, 0) is 6.54 Å². The third-order valence-electron chi connectivity index (χ3n) is 4.46. The maximum absolute atomic E-state index is 13.4. The lowest BCUT2D eigenvalue weighted by Gasteiger charge is -2.21. The van der Waals surface area contributed by atoms with Crippen LogP contribution in [-0.4, -0.2) is 38.4 Å². The van der Waals surface area contributed by atoms with Gasteiger partial charge in [-0.3, -0.25) is 19.7 Å². The van der Waals surface area contributed by atoms with E-state index in [1.165, 1.54) is 6.07 Å². The molecule has 0 saturated carbocycles. The molecule has 2 aromatic heterocycles. The summed E-state index contributed by atoms with van der Waals surface area (Å²) in [5, 5.41) is 8.73. The van der Waals surface area contributed by atoms with Crippen molar-refractivity contribution in [2.45, 2.75) is 26.3 Å². The zero-order valence-corrected chi connectivity index (χ0v) is 17.4. The van der Waals surface area contributed by atoms with E-state index in [0.29, 0.717) is 19.2 Å². The van der Waals surface area contributed by atoms with Gasteiger partial charge in [0.15, 0.2) is 17.3 Å². The van der Waals surface area contributed by atoms with E-state index < -0.39 is 17.5 Å². The van der Waals surface area contributed by atoms with Crippen molar-refractivity contribution in [1.29, 1.82) is 0 Å². The van der Waals surface area contributed by atoms with E-state index in [-0.39, 0.29) is 28.0 Å². The van der Waals surface area contributed by atoms with Crippen LogP contribution in [0.1, 0.15) is 46.2 Å². The average molecular weight is 448 g/mol. The van der Waals surface area contributed by atoms with Gasteiger partial charge < -0.3 is 10.2 Å². The minimum atomic E-state index is -1.20. The number of aromatic nitrogens is 3. The molecule has 0 spiro atoms. The first kappa shape index (κ1) is 22.4. The molecule has 0 saturated heterocycles. The Morgan fingerprint density at radius 3 is 2.71 bits per heavy atom. The van der Waals surface area contributed by atoms with Gasteiger partial charge in [-0.1, -0.05) is 31.0 Å². The fourth-order valence-electron chi connectivity index (χ4n) is 2.86. The summed E-state index contributed by atoms with van der Waals surface area (Å²) in [6.07, 6.45) is 5.07. The first-order chi connectivity index (χ1) is 14.9. The van der Waals surface area contributed by atoms with E-state index in [1.54, 1.807) is 23.4 Å². The third-order valence-corrected chi connectivity index (χ3v) is 4.78. The SMILES string of the molecule is CCCCN(Cc1cccnc1)C(=O)c1cc(NC(=O)c2cc(F)c(F)cc2Cl)[nH]n1. The predicted octanol–water partition coefficient (Wildman–Crippen LogP) is 4.43.